The Morgan fingerprint density at radius 3 is 2.70 bits per heavy atom. The molecule has 5 rings (SSSR count). The zero-order valence-corrected chi connectivity index (χ0v) is 19.6. The van der Waals surface area contributed by atoms with Gasteiger partial charge in [0.05, 0.1) is 5.69 Å². The maximum Gasteiger partial charge on any atom is 0.178 e. The summed E-state index contributed by atoms with van der Waals surface area (Å²) in [4.78, 5) is 4.78. The number of thiazole rings is 1. The molecule has 1 N–H and O–H groups in total. The summed E-state index contributed by atoms with van der Waals surface area (Å²) in [5, 5.41) is 18.2. The molecule has 2 aromatic carbocycles. The molecule has 0 unspecified atom stereocenters. The van der Waals surface area contributed by atoms with E-state index in [1.807, 2.05) is 36.4 Å². The molecule has 8 heteroatoms. The van der Waals surface area contributed by atoms with Crippen molar-refractivity contribution in [3.8, 4) is 16.5 Å². The normalized spacial score (nSPS) is 11.8. The minimum absolute atomic E-state index is 0.204. The molecule has 0 aliphatic carbocycles. The second kappa shape index (κ2) is 8.78. The van der Waals surface area contributed by atoms with Gasteiger partial charge in [0.2, 0.25) is 0 Å². The number of benzene rings is 2. The molecule has 33 heavy (non-hydrogen) atoms. The first-order chi connectivity index (χ1) is 15.9. The van der Waals surface area contributed by atoms with Crippen LogP contribution in [0.2, 0.25) is 0 Å². The van der Waals surface area contributed by atoms with Gasteiger partial charge in [0.15, 0.2) is 16.6 Å². The zero-order chi connectivity index (χ0) is 22.8. The predicted molar refractivity (Wildman–Crippen MR) is 128 cm³/mol. The molecular weight excluding hydrogens is 434 g/mol. The van der Waals surface area contributed by atoms with Gasteiger partial charge >= 0.3 is 0 Å². The van der Waals surface area contributed by atoms with Gasteiger partial charge in [-0.3, -0.25) is 0 Å². The van der Waals surface area contributed by atoms with Gasteiger partial charge in [0.1, 0.15) is 17.9 Å². The van der Waals surface area contributed by atoms with Gasteiger partial charge in [-0.1, -0.05) is 50.3 Å². The first kappa shape index (κ1) is 21.3. The molecule has 0 bridgehead atoms. The lowest BCUT2D eigenvalue weighted by molar-refractivity contribution is 0.305. The SMILES string of the molecule is CC(C)(C)Cc1csc(-c2cc3cc(OCc4ccccc4Cc4nn[nH]n4)ccc3o2)n1. The van der Waals surface area contributed by atoms with Crippen LogP contribution >= 0.6 is 11.3 Å². The van der Waals surface area contributed by atoms with Crippen LogP contribution in [0.5, 0.6) is 5.75 Å². The van der Waals surface area contributed by atoms with E-state index in [-0.39, 0.29) is 5.41 Å². The van der Waals surface area contributed by atoms with E-state index in [4.69, 9.17) is 14.1 Å². The van der Waals surface area contributed by atoms with Crippen molar-refractivity contribution in [3.05, 3.63) is 76.6 Å². The number of hydrogen-bond acceptors (Lipinski definition) is 7. The number of tetrazole rings is 1. The Labute approximate surface area is 195 Å². The Morgan fingerprint density at radius 1 is 1.06 bits per heavy atom. The summed E-state index contributed by atoms with van der Waals surface area (Å²) in [6.07, 6.45) is 1.54. The number of nitrogens with one attached hydrogen (secondary N) is 1. The minimum atomic E-state index is 0.204. The van der Waals surface area contributed by atoms with Gasteiger partial charge in [-0.15, -0.1) is 21.5 Å². The van der Waals surface area contributed by atoms with E-state index in [1.54, 1.807) is 11.3 Å². The van der Waals surface area contributed by atoms with Crippen LogP contribution in [0.25, 0.3) is 21.7 Å². The lowest BCUT2D eigenvalue weighted by Gasteiger charge is -2.15. The molecule has 3 aromatic heterocycles. The largest absolute Gasteiger partial charge is 0.489 e. The first-order valence-electron chi connectivity index (χ1n) is 10.8. The number of ether oxygens (including phenoxy) is 1. The summed E-state index contributed by atoms with van der Waals surface area (Å²) in [5.41, 5.74) is 4.33. The van der Waals surface area contributed by atoms with E-state index in [0.29, 0.717) is 18.9 Å². The van der Waals surface area contributed by atoms with Gasteiger partial charge < -0.3 is 9.15 Å². The maximum absolute atomic E-state index is 6.12. The molecule has 0 saturated carbocycles. The first-order valence-corrected chi connectivity index (χ1v) is 11.7. The molecule has 0 radical (unpaired) electrons. The van der Waals surface area contributed by atoms with Crippen LogP contribution in [0.4, 0.5) is 0 Å². The second-order valence-electron chi connectivity index (χ2n) is 9.25. The van der Waals surface area contributed by atoms with Gasteiger partial charge in [-0.2, -0.15) is 5.21 Å². The van der Waals surface area contributed by atoms with Crippen LogP contribution < -0.4 is 4.74 Å². The average Bonchev–Trinajstić information content (AvgIpc) is 3.52. The topological polar surface area (TPSA) is 89.7 Å². The highest BCUT2D eigenvalue weighted by Crippen LogP contribution is 2.33. The number of rotatable bonds is 7. The fraction of sp³-hybridized carbons (Fsp3) is 0.280. The third kappa shape index (κ3) is 5.12. The van der Waals surface area contributed by atoms with Crippen LogP contribution in [0.15, 0.2) is 58.3 Å². The van der Waals surface area contributed by atoms with Crippen molar-refractivity contribution >= 4 is 22.3 Å². The third-order valence-corrected chi connectivity index (χ3v) is 6.12. The van der Waals surface area contributed by atoms with Gasteiger partial charge in [-0.25, -0.2) is 4.98 Å². The lowest BCUT2D eigenvalue weighted by atomic mass is 9.91. The molecular formula is C25H25N5O2S. The molecule has 0 fully saturated rings. The second-order valence-corrected chi connectivity index (χ2v) is 10.1. The average molecular weight is 460 g/mol. The molecule has 0 atom stereocenters. The summed E-state index contributed by atoms with van der Waals surface area (Å²) in [7, 11) is 0. The molecule has 0 spiro atoms. The number of H-pyrrole nitrogens is 1. The predicted octanol–water partition coefficient (Wildman–Crippen LogP) is 5.83. The lowest BCUT2D eigenvalue weighted by Crippen LogP contribution is -2.09. The zero-order valence-electron chi connectivity index (χ0n) is 18.8. The number of furan rings is 1. The van der Waals surface area contributed by atoms with Crippen LogP contribution in [0.1, 0.15) is 43.4 Å². The van der Waals surface area contributed by atoms with E-state index in [2.05, 4.69) is 58.9 Å². The Morgan fingerprint density at radius 2 is 1.91 bits per heavy atom. The van der Waals surface area contributed by atoms with E-state index >= 15 is 0 Å². The molecule has 0 amide bonds. The van der Waals surface area contributed by atoms with Crippen LogP contribution in [0.3, 0.4) is 0 Å². The van der Waals surface area contributed by atoms with Gasteiger partial charge in [0.25, 0.3) is 0 Å². The standard InChI is InChI=1S/C25H25N5O2S/c1-25(2,3)13-19-15-33-24(26-19)22-11-18-10-20(8-9-21(18)32-22)31-14-17-7-5-4-6-16(17)12-23-27-29-30-28-23/h4-11,15H,12-14H2,1-3H3,(H,27,28,29,30). The molecule has 0 aliphatic heterocycles. The van der Waals surface area contributed by atoms with E-state index < -0.39 is 0 Å². The Hall–Kier alpha value is -3.52. The fourth-order valence-electron chi connectivity index (χ4n) is 3.72. The van der Waals surface area contributed by atoms with Crippen molar-refractivity contribution in [3.63, 3.8) is 0 Å². The summed E-state index contributed by atoms with van der Waals surface area (Å²) >= 11 is 1.62. The van der Waals surface area contributed by atoms with Gasteiger partial charge in [-0.05, 0) is 47.2 Å². The van der Waals surface area contributed by atoms with E-state index in [9.17, 15) is 0 Å². The van der Waals surface area contributed by atoms with Crippen molar-refractivity contribution in [1.29, 1.82) is 0 Å². The van der Waals surface area contributed by atoms with Crippen LogP contribution in [-0.4, -0.2) is 25.6 Å². The Kier molecular flexibility index (Phi) is 5.68. The van der Waals surface area contributed by atoms with Gasteiger partial charge in [0, 0.05) is 17.2 Å². The molecule has 3 heterocycles. The maximum atomic E-state index is 6.12. The minimum Gasteiger partial charge on any atom is -0.489 e. The molecule has 0 saturated heterocycles. The fourth-order valence-corrected chi connectivity index (χ4v) is 4.49. The number of aromatic nitrogens is 5. The Bertz CT molecular complexity index is 1370. The van der Waals surface area contributed by atoms with E-state index in [0.717, 1.165) is 50.7 Å². The van der Waals surface area contributed by atoms with Crippen molar-refractivity contribution < 1.29 is 9.15 Å². The summed E-state index contributed by atoms with van der Waals surface area (Å²) in [5.74, 6) is 2.23. The highest BCUT2D eigenvalue weighted by Gasteiger charge is 2.16. The van der Waals surface area contributed by atoms with Crippen LogP contribution in [-0.2, 0) is 19.4 Å². The number of hydrogen-bond donors (Lipinski definition) is 1. The van der Waals surface area contributed by atoms with E-state index in [1.165, 1.54) is 0 Å². The van der Waals surface area contributed by atoms with Crippen molar-refractivity contribution in [2.75, 3.05) is 0 Å². The molecule has 168 valence electrons. The summed E-state index contributed by atoms with van der Waals surface area (Å²) < 4.78 is 12.2. The summed E-state index contributed by atoms with van der Waals surface area (Å²) in [6.45, 7) is 7.11. The highest BCUT2D eigenvalue weighted by atomic mass is 32.1. The highest BCUT2D eigenvalue weighted by molar-refractivity contribution is 7.13. The molecule has 7 nitrogen and oxygen atoms in total. The Balaban J connectivity index is 1.31. The number of aromatic amines is 1. The molecule has 5 aromatic rings. The van der Waals surface area contributed by atoms with Crippen molar-refractivity contribution in [2.24, 2.45) is 5.41 Å². The number of fused-ring (bicyclic) bond motifs is 1. The monoisotopic (exact) mass is 459 g/mol. The molecule has 0 aliphatic rings. The number of nitrogens with zero attached hydrogens (tertiary/aromatic N) is 4. The van der Waals surface area contributed by atoms with Crippen LogP contribution in [0, 0.1) is 5.41 Å². The quantitative estimate of drug-likeness (QED) is 0.329. The summed E-state index contributed by atoms with van der Waals surface area (Å²) in [6, 6.07) is 16.0. The van der Waals surface area contributed by atoms with Crippen molar-refractivity contribution in [1.82, 2.24) is 25.6 Å². The smallest absolute Gasteiger partial charge is 0.178 e. The van der Waals surface area contributed by atoms with Crippen molar-refractivity contribution in [2.45, 2.75) is 40.2 Å². The third-order valence-electron chi connectivity index (χ3n) is 5.21.